The van der Waals surface area contributed by atoms with Crippen LogP contribution < -0.4 is 5.32 Å². The molecule has 18 heteroatoms. The molecule has 2 amide bonds. The molecule has 0 aromatic heterocycles. The average Bonchev–Trinajstić information content (AvgIpc) is 4.00. The Morgan fingerprint density at radius 3 is 2.40 bits per heavy atom. The third kappa shape index (κ3) is 8.59. The lowest BCUT2D eigenvalue weighted by atomic mass is 9.62. The molecule has 6 aliphatic rings. The third-order valence-corrected chi connectivity index (χ3v) is 12.3. The fraction of sp³-hybridized carbons (Fsp3) is 0.568. The molecule has 5 fully saturated rings. The van der Waals surface area contributed by atoms with Crippen LogP contribution >= 0.6 is 0 Å². The molecule has 1 saturated carbocycles. The number of hydrogen-bond acceptors (Lipinski definition) is 13. The van der Waals surface area contributed by atoms with Crippen LogP contribution in [0.3, 0.4) is 0 Å². The average molecular weight is 870 g/mol. The van der Waals surface area contributed by atoms with Crippen LogP contribution in [0, 0.1) is 5.41 Å². The minimum absolute atomic E-state index is 0.0104. The number of nitrogens with zero attached hydrogens (tertiary/aromatic N) is 2. The van der Waals surface area contributed by atoms with Gasteiger partial charge in [-0.3, -0.25) is 24.0 Å². The van der Waals surface area contributed by atoms with Crippen LogP contribution in [0.25, 0.3) is 6.08 Å². The van der Waals surface area contributed by atoms with Crippen molar-refractivity contribution in [3.63, 3.8) is 0 Å². The molecule has 2 bridgehead atoms. The Bertz CT molecular complexity index is 2100. The van der Waals surface area contributed by atoms with Crippen LogP contribution in [0.1, 0.15) is 75.1 Å². The van der Waals surface area contributed by atoms with Crippen molar-refractivity contribution in [1.82, 2.24) is 15.3 Å². The number of fused-ring (bicyclic) bond motifs is 5. The van der Waals surface area contributed by atoms with E-state index in [1.54, 1.807) is 45.0 Å². The highest BCUT2D eigenvalue weighted by Gasteiger charge is 2.77. The highest BCUT2D eigenvalue weighted by molar-refractivity contribution is 5.97. The quantitative estimate of drug-likeness (QED) is 0.180. The first-order valence-corrected chi connectivity index (χ1v) is 20.9. The van der Waals surface area contributed by atoms with E-state index in [9.17, 15) is 37.5 Å². The standard InChI is InChI=1S/C44H50F3N3O12/c1-41(2,3)59-33(53)17-15-29(23-51)48-38(54)30-13-8-18-49(30)40(56)43-21-31-34-35(61-42(60-34)19-26-10-5-6-11-27(26)20-42)37(43)62-50(36(43)39(55)58-31)22-28-12-7-4-9-25(28)14-16-32(52)57-24-44(45,46)47/h4-7,9-12,14,16,29-31,34-37,51H,8,13,15,17-24H2,1-3H3,(H,48,54)/t29-,30+,31+,34-,35-,36-,37+,43-/m0/s1. The molecule has 2 aliphatic carbocycles. The molecule has 1 spiro atoms. The summed E-state index contributed by atoms with van der Waals surface area (Å²) in [5, 5.41) is 14.3. The SMILES string of the molecule is CC(C)(C)OC(=O)CC[C@@H](CO)NC(=O)[C@H]1CCCN1C(=O)[C@@]12C[C@H]3OC(=O)[C@@H]1N(Cc1ccccc1C=CC(=O)OCC(F)(F)F)O[C@@H]2[C@H]1OC2(Cc4ccccc4C2)O[C@H]13. The Labute approximate surface area is 355 Å². The van der Waals surface area contributed by atoms with Crippen molar-refractivity contribution in [2.75, 3.05) is 19.8 Å². The second-order valence-corrected chi connectivity index (χ2v) is 17.8. The molecule has 4 heterocycles. The Morgan fingerprint density at radius 1 is 1.02 bits per heavy atom. The monoisotopic (exact) mass is 869 g/mol. The van der Waals surface area contributed by atoms with Crippen molar-refractivity contribution in [1.29, 1.82) is 0 Å². The van der Waals surface area contributed by atoms with E-state index < -0.39 is 108 Å². The Morgan fingerprint density at radius 2 is 1.71 bits per heavy atom. The lowest BCUT2D eigenvalue weighted by molar-refractivity contribution is -0.218. The second-order valence-electron chi connectivity index (χ2n) is 17.8. The van der Waals surface area contributed by atoms with Crippen molar-refractivity contribution in [2.45, 2.75) is 132 Å². The summed E-state index contributed by atoms with van der Waals surface area (Å²) in [7, 11) is 0. The van der Waals surface area contributed by atoms with Gasteiger partial charge in [0, 0.05) is 38.3 Å². The van der Waals surface area contributed by atoms with Gasteiger partial charge in [-0.2, -0.15) is 18.2 Å². The minimum atomic E-state index is -4.70. The number of aliphatic hydroxyl groups is 1. The minimum Gasteiger partial charge on any atom is -0.460 e. The number of benzene rings is 2. The van der Waals surface area contributed by atoms with Crippen molar-refractivity contribution in [3.05, 3.63) is 76.9 Å². The molecule has 4 aliphatic heterocycles. The van der Waals surface area contributed by atoms with Crippen molar-refractivity contribution < 1.29 is 70.8 Å². The smallest absolute Gasteiger partial charge is 0.422 e. The Hall–Kier alpha value is -4.88. The lowest BCUT2D eigenvalue weighted by Gasteiger charge is -2.50. The number of carbonyl (C=O) groups excluding carboxylic acids is 5. The Kier molecular flexibility index (Phi) is 11.8. The summed E-state index contributed by atoms with van der Waals surface area (Å²) in [5.74, 6) is -4.60. The van der Waals surface area contributed by atoms with Crippen molar-refractivity contribution in [3.8, 4) is 0 Å². The number of aliphatic hydroxyl groups excluding tert-OH is 1. The van der Waals surface area contributed by atoms with Crippen LogP contribution in [-0.2, 0) is 71.9 Å². The number of hydroxylamine groups is 2. The summed E-state index contributed by atoms with van der Waals surface area (Å²) in [6.45, 7) is 3.05. The zero-order valence-electron chi connectivity index (χ0n) is 34.6. The van der Waals surface area contributed by atoms with E-state index in [1.807, 2.05) is 24.3 Å². The molecule has 2 N–H and O–H groups in total. The van der Waals surface area contributed by atoms with Gasteiger partial charge in [0.15, 0.2) is 18.4 Å². The summed E-state index contributed by atoms with van der Waals surface area (Å²) in [4.78, 5) is 76.7. The number of carbonyl (C=O) groups is 5. The highest BCUT2D eigenvalue weighted by Crippen LogP contribution is 2.59. The summed E-state index contributed by atoms with van der Waals surface area (Å²) >= 11 is 0. The van der Waals surface area contributed by atoms with Gasteiger partial charge in [-0.15, -0.1) is 0 Å². The molecular formula is C44H50F3N3O12. The highest BCUT2D eigenvalue weighted by atomic mass is 19.4. The predicted octanol–water partition coefficient (Wildman–Crippen LogP) is 3.47. The van der Waals surface area contributed by atoms with Crippen LogP contribution in [0.15, 0.2) is 54.6 Å². The maximum atomic E-state index is 15.5. The molecule has 4 saturated heterocycles. The number of rotatable bonds is 12. The first kappa shape index (κ1) is 43.8. The fourth-order valence-electron chi connectivity index (χ4n) is 9.85. The molecule has 334 valence electrons. The summed E-state index contributed by atoms with van der Waals surface area (Å²) in [6, 6.07) is 11.4. The molecule has 2 aromatic carbocycles. The molecule has 62 heavy (non-hydrogen) atoms. The van der Waals surface area contributed by atoms with Gasteiger partial charge in [-0.25, -0.2) is 4.79 Å². The van der Waals surface area contributed by atoms with Crippen LogP contribution in [-0.4, -0.2) is 125 Å². The van der Waals surface area contributed by atoms with E-state index in [-0.39, 0.29) is 32.4 Å². The van der Waals surface area contributed by atoms with Gasteiger partial charge in [-0.05, 0) is 68.4 Å². The largest absolute Gasteiger partial charge is 0.460 e. The molecule has 15 nitrogen and oxygen atoms in total. The van der Waals surface area contributed by atoms with E-state index >= 15 is 4.79 Å². The summed E-state index contributed by atoms with van der Waals surface area (Å²) in [6.07, 6.45) is -4.63. The summed E-state index contributed by atoms with van der Waals surface area (Å²) in [5.41, 5.74) is 0.621. The molecule has 8 atom stereocenters. The lowest BCUT2D eigenvalue weighted by Crippen LogP contribution is -2.70. The van der Waals surface area contributed by atoms with Gasteiger partial charge in [0.2, 0.25) is 11.8 Å². The third-order valence-electron chi connectivity index (χ3n) is 12.3. The van der Waals surface area contributed by atoms with Gasteiger partial charge in [-0.1, -0.05) is 48.5 Å². The van der Waals surface area contributed by atoms with E-state index in [0.717, 1.165) is 17.2 Å². The van der Waals surface area contributed by atoms with Crippen LogP contribution in [0.5, 0.6) is 0 Å². The number of nitrogens with one attached hydrogen (secondary N) is 1. The van der Waals surface area contributed by atoms with Gasteiger partial charge < -0.3 is 39.0 Å². The van der Waals surface area contributed by atoms with Crippen LogP contribution in [0.4, 0.5) is 13.2 Å². The zero-order valence-corrected chi connectivity index (χ0v) is 34.6. The molecular weight excluding hydrogens is 819 g/mol. The number of alkyl halides is 3. The maximum absolute atomic E-state index is 15.5. The number of hydrogen-bond donors (Lipinski definition) is 2. The number of ether oxygens (including phenoxy) is 5. The van der Waals surface area contributed by atoms with Gasteiger partial charge in [0.25, 0.3) is 0 Å². The zero-order chi connectivity index (χ0) is 44.2. The Balaban J connectivity index is 1.08. The molecule has 8 rings (SSSR count). The van der Waals surface area contributed by atoms with Crippen LogP contribution in [0.2, 0.25) is 0 Å². The van der Waals surface area contributed by atoms with Gasteiger partial charge in [0.1, 0.15) is 41.5 Å². The number of esters is 3. The predicted molar refractivity (Wildman–Crippen MR) is 209 cm³/mol. The normalized spacial score (nSPS) is 29.0. The second kappa shape index (κ2) is 16.7. The summed E-state index contributed by atoms with van der Waals surface area (Å²) < 4.78 is 67.5. The van der Waals surface area contributed by atoms with E-state index in [0.29, 0.717) is 36.8 Å². The molecule has 0 radical (unpaired) electrons. The van der Waals surface area contributed by atoms with E-state index in [4.69, 9.17) is 23.8 Å². The fourth-order valence-corrected chi connectivity index (χ4v) is 9.85. The van der Waals surface area contributed by atoms with Gasteiger partial charge >= 0.3 is 24.1 Å². The molecule has 2 aromatic rings. The first-order chi connectivity index (χ1) is 29.4. The maximum Gasteiger partial charge on any atom is 0.422 e. The van der Waals surface area contributed by atoms with Crippen molar-refractivity contribution in [2.24, 2.45) is 5.41 Å². The molecule has 0 unspecified atom stereocenters. The van der Waals surface area contributed by atoms with E-state index in [1.165, 1.54) is 16.0 Å². The number of halogens is 3. The van der Waals surface area contributed by atoms with Crippen molar-refractivity contribution >= 4 is 35.8 Å². The first-order valence-electron chi connectivity index (χ1n) is 20.9. The number of amides is 2. The van der Waals surface area contributed by atoms with E-state index in [2.05, 4.69) is 10.1 Å². The number of likely N-dealkylation sites (tertiary alicyclic amines) is 1. The topological polar surface area (TPSA) is 179 Å². The van der Waals surface area contributed by atoms with Gasteiger partial charge in [0.05, 0.1) is 19.2 Å².